The minimum Gasteiger partial charge on any atom is -0.301 e. The van der Waals surface area contributed by atoms with Crippen LogP contribution >= 0.6 is 15.9 Å². The van der Waals surface area contributed by atoms with Crippen molar-refractivity contribution in [1.29, 1.82) is 0 Å². The number of fused-ring (bicyclic) bond motifs is 1. The zero-order valence-electron chi connectivity index (χ0n) is 10.2. The Morgan fingerprint density at radius 3 is 2.67 bits per heavy atom. The summed E-state index contributed by atoms with van der Waals surface area (Å²) in [6.07, 6.45) is 1.70. The largest absolute Gasteiger partial charge is 0.301 e. The molecule has 98 valence electrons. The van der Waals surface area contributed by atoms with Crippen LogP contribution in [0.25, 0.3) is 5.65 Å². The van der Waals surface area contributed by atoms with Gasteiger partial charge in [-0.15, -0.1) is 0 Å². The number of nitrogens with one attached hydrogen (secondary N) is 1. The minimum absolute atomic E-state index is 0.490. The lowest BCUT2D eigenvalue weighted by Crippen LogP contribution is -2.29. The van der Waals surface area contributed by atoms with Crippen molar-refractivity contribution in [2.75, 3.05) is 18.8 Å². The predicted molar refractivity (Wildman–Crippen MR) is 73.9 cm³/mol. The van der Waals surface area contributed by atoms with Crippen molar-refractivity contribution in [3.63, 3.8) is 0 Å². The summed E-state index contributed by atoms with van der Waals surface area (Å²) in [5, 5.41) is 0. The Hall–Kier alpha value is -1.12. The van der Waals surface area contributed by atoms with Crippen LogP contribution in [-0.4, -0.2) is 36.2 Å². The van der Waals surface area contributed by atoms with Gasteiger partial charge in [-0.2, -0.15) is 12.7 Å². The molecule has 2 aromatic rings. The molecule has 0 radical (unpaired) electrons. The molecule has 8 heteroatoms. The summed E-state index contributed by atoms with van der Waals surface area (Å²) < 4.78 is 29.6. The molecule has 0 aliphatic carbocycles. The van der Waals surface area contributed by atoms with Crippen molar-refractivity contribution in [2.45, 2.75) is 6.92 Å². The van der Waals surface area contributed by atoms with E-state index in [0.29, 0.717) is 5.69 Å². The molecule has 2 aromatic heterocycles. The van der Waals surface area contributed by atoms with E-state index in [0.717, 1.165) is 20.2 Å². The molecule has 2 heterocycles. The Bertz CT molecular complexity index is 693. The second-order valence-electron chi connectivity index (χ2n) is 4.02. The average Bonchev–Trinajstić information content (AvgIpc) is 2.55. The van der Waals surface area contributed by atoms with Gasteiger partial charge in [-0.1, -0.05) is 0 Å². The number of hydrogen-bond acceptors (Lipinski definition) is 3. The van der Waals surface area contributed by atoms with Crippen molar-refractivity contribution >= 4 is 37.5 Å². The number of anilines is 1. The van der Waals surface area contributed by atoms with Crippen molar-refractivity contribution < 1.29 is 8.42 Å². The molecule has 0 saturated carbocycles. The van der Waals surface area contributed by atoms with E-state index in [1.165, 1.54) is 14.1 Å². The number of imidazole rings is 1. The normalized spacial score (nSPS) is 12.3. The molecule has 0 aliphatic rings. The monoisotopic (exact) mass is 332 g/mol. The lowest BCUT2D eigenvalue weighted by Gasteiger charge is -2.13. The van der Waals surface area contributed by atoms with Crippen LogP contribution in [0.2, 0.25) is 0 Å². The van der Waals surface area contributed by atoms with Gasteiger partial charge >= 0.3 is 10.2 Å². The zero-order valence-corrected chi connectivity index (χ0v) is 12.6. The second kappa shape index (κ2) is 4.52. The van der Waals surface area contributed by atoms with Gasteiger partial charge in [0.15, 0.2) is 0 Å². The lowest BCUT2D eigenvalue weighted by molar-refractivity contribution is 0.527. The average molecular weight is 333 g/mol. The molecule has 0 unspecified atom stereocenters. The maximum atomic E-state index is 11.7. The van der Waals surface area contributed by atoms with Crippen molar-refractivity contribution in [3.05, 3.63) is 28.6 Å². The first-order valence-corrected chi connectivity index (χ1v) is 7.39. The van der Waals surface area contributed by atoms with Crippen molar-refractivity contribution in [3.8, 4) is 0 Å². The molecule has 0 bridgehead atoms. The number of aryl methyl sites for hydroxylation is 1. The van der Waals surface area contributed by atoms with Crippen LogP contribution in [0.4, 0.5) is 5.69 Å². The van der Waals surface area contributed by atoms with E-state index in [1.54, 1.807) is 18.3 Å². The van der Waals surface area contributed by atoms with Gasteiger partial charge in [0.1, 0.15) is 10.3 Å². The summed E-state index contributed by atoms with van der Waals surface area (Å²) in [5.41, 5.74) is 2.16. The van der Waals surface area contributed by atoms with E-state index >= 15 is 0 Å². The second-order valence-corrected chi connectivity index (χ2v) is 6.66. The van der Waals surface area contributed by atoms with E-state index in [-0.39, 0.29) is 0 Å². The highest BCUT2D eigenvalue weighted by Gasteiger charge is 2.14. The smallest absolute Gasteiger partial charge is 0.301 e. The Labute approximate surface area is 114 Å². The molecule has 0 saturated heterocycles. The van der Waals surface area contributed by atoms with Gasteiger partial charge in [0.25, 0.3) is 0 Å². The predicted octanol–water partition coefficient (Wildman–Crippen LogP) is 1.62. The highest BCUT2D eigenvalue weighted by atomic mass is 79.9. The minimum atomic E-state index is -3.49. The number of nitrogens with zero attached hydrogens (tertiary/aromatic N) is 3. The number of halogens is 1. The third-order valence-electron chi connectivity index (χ3n) is 2.53. The van der Waals surface area contributed by atoms with E-state index in [1.807, 2.05) is 11.3 Å². The molecule has 0 amide bonds. The van der Waals surface area contributed by atoms with Crippen LogP contribution in [0.15, 0.2) is 22.9 Å². The third-order valence-corrected chi connectivity index (χ3v) is 4.73. The van der Waals surface area contributed by atoms with Gasteiger partial charge < -0.3 is 4.40 Å². The molecule has 18 heavy (non-hydrogen) atoms. The first kappa shape index (κ1) is 13.3. The fraction of sp³-hybridized carbons (Fsp3) is 0.300. The molecule has 0 fully saturated rings. The van der Waals surface area contributed by atoms with Crippen LogP contribution in [-0.2, 0) is 10.2 Å². The summed E-state index contributed by atoms with van der Waals surface area (Å²) in [7, 11) is -0.544. The van der Waals surface area contributed by atoms with Crippen molar-refractivity contribution in [1.82, 2.24) is 13.7 Å². The Balaban J connectivity index is 2.45. The molecule has 0 spiro atoms. The van der Waals surface area contributed by atoms with Crippen LogP contribution in [0, 0.1) is 6.92 Å². The van der Waals surface area contributed by atoms with Crippen molar-refractivity contribution in [2.24, 2.45) is 0 Å². The Morgan fingerprint density at radius 2 is 2.06 bits per heavy atom. The van der Waals surface area contributed by atoms with E-state index in [9.17, 15) is 8.42 Å². The van der Waals surface area contributed by atoms with Gasteiger partial charge in [0, 0.05) is 20.3 Å². The SMILES string of the molecule is Cc1c(Br)nc2ccc(NS(=O)(=O)N(C)C)cn12. The van der Waals surface area contributed by atoms with Crippen LogP contribution in [0.1, 0.15) is 5.69 Å². The lowest BCUT2D eigenvalue weighted by atomic mass is 10.4. The highest BCUT2D eigenvalue weighted by Crippen LogP contribution is 2.20. The maximum absolute atomic E-state index is 11.7. The highest BCUT2D eigenvalue weighted by molar-refractivity contribution is 9.10. The van der Waals surface area contributed by atoms with Gasteiger partial charge in [-0.3, -0.25) is 4.72 Å². The molecule has 0 aliphatic heterocycles. The molecular formula is C10H13BrN4O2S. The molecule has 6 nitrogen and oxygen atoms in total. The molecule has 2 rings (SSSR count). The summed E-state index contributed by atoms with van der Waals surface area (Å²) in [5.74, 6) is 0. The van der Waals surface area contributed by atoms with Crippen LogP contribution in [0.3, 0.4) is 0 Å². The van der Waals surface area contributed by atoms with Gasteiger partial charge in [-0.25, -0.2) is 4.98 Å². The molecule has 1 N–H and O–H groups in total. The first-order chi connectivity index (χ1) is 8.31. The standard InChI is InChI=1S/C10H13BrN4O2S/c1-7-10(11)12-9-5-4-8(6-15(7)9)13-18(16,17)14(2)3/h4-6,13H,1-3H3. The number of hydrogen-bond donors (Lipinski definition) is 1. The number of pyridine rings is 1. The topological polar surface area (TPSA) is 66.7 Å². The van der Waals surface area contributed by atoms with E-state index in [2.05, 4.69) is 25.6 Å². The van der Waals surface area contributed by atoms with E-state index in [4.69, 9.17) is 0 Å². The molecule has 0 aromatic carbocycles. The number of aromatic nitrogens is 2. The fourth-order valence-electron chi connectivity index (χ4n) is 1.43. The van der Waals surface area contributed by atoms with Gasteiger partial charge in [0.05, 0.1) is 11.4 Å². The van der Waals surface area contributed by atoms with E-state index < -0.39 is 10.2 Å². The summed E-state index contributed by atoms with van der Waals surface area (Å²) >= 11 is 3.34. The Morgan fingerprint density at radius 1 is 1.39 bits per heavy atom. The third kappa shape index (κ3) is 2.36. The number of rotatable bonds is 3. The summed E-state index contributed by atoms with van der Waals surface area (Å²) in [4.78, 5) is 4.28. The van der Waals surface area contributed by atoms with Gasteiger partial charge in [-0.05, 0) is 35.0 Å². The van der Waals surface area contributed by atoms with Gasteiger partial charge in [0.2, 0.25) is 0 Å². The Kier molecular flexibility index (Phi) is 3.35. The summed E-state index contributed by atoms with van der Waals surface area (Å²) in [6, 6.07) is 3.43. The molecular weight excluding hydrogens is 320 g/mol. The molecule has 0 atom stereocenters. The first-order valence-electron chi connectivity index (χ1n) is 5.16. The van der Waals surface area contributed by atoms with Crippen LogP contribution < -0.4 is 4.72 Å². The quantitative estimate of drug-likeness (QED) is 0.928. The maximum Gasteiger partial charge on any atom is 0.301 e. The summed E-state index contributed by atoms with van der Waals surface area (Å²) in [6.45, 7) is 1.90. The van der Waals surface area contributed by atoms with Crippen LogP contribution in [0.5, 0.6) is 0 Å². The fourth-order valence-corrected chi connectivity index (χ4v) is 2.41. The zero-order chi connectivity index (χ0) is 13.5.